The van der Waals surface area contributed by atoms with E-state index in [0.29, 0.717) is 18.0 Å². The lowest BCUT2D eigenvalue weighted by Gasteiger charge is -2.15. The highest BCUT2D eigenvalue weighted by molar-refractivity contribution is 9.10. The predicted molar refractivity (Wildman–Crippen MR) is 104 cm³/mol. The molecule has 0 radical (unpaired) electrons. The van der Waals surface area contributed by atoms with E-state index in [1.54, 1.807) is 30.0 Å². The number of aromatic nitrogens is 3. The Labute approximate surface area is 169 Å². The fraction of sp³-hybridized carbons (Fsp3) is 0.250. The van der Waals surface area contributed by atoms with Crippen LogP contribution in [-0.2, 0) is 19.6 Å². The lowest BCUT2D eigenvalue weighted by Crippen LogP contribution is -2.24. The van der Waals surface area contributed by atoms with E-state index >= 15 is 0 Å². The third-order valence-corrected chi connectivity index (χ3v) is 4.96. The molecule has 0 atom stereocenters. The van der Waals surface area contributed by atoms with Crippen LogP contribution in [0.15, 0.2) is 45.9 Å². The molecule has 2 heterocycles. The molecule has 0 unspecified atom stereocenters. The summed E-state index contributed by atoms with van der Waals surface area (Å²) in [6, 6.07) is 4.95. The minimum absolute atomic E-state index is 0.125. The standard InChI is InChI=1S/C20H18BrF2N3O2/c1-3-18-24-8-13(9-25-18)10-26-12(2)6-17(19(21)20(26)27)28-11-14-4-5-15(22)7-16(14)23/h4-9H,3,10-11H2,1-2H3. The summed E-state index contributed by atoms with van der Waals surface area (Å²) in [5, 5.41) is 0. The molecule has 0 aliphatic carbocycles. The Morgan fingerprint density at radius 3 is 2.54 bits per heavy atom. The zero-order valence-electron chi connectivity index (χ0n) is 15.4. The normalized spacial score (nSPS) is 10.9. The number of halogens is 3. The SMILES string of the molecule is CCc1ncc(Cn2c(C)cc(OCc3ccc(F)cc3F)c(Br)c2=O)cn1. The highest BCUT2D eigenvalue weighted by Crippen LogP contribution is 2.24. The first kappa shape index (κ1) is 20.1. The highest BCUT2D eigenvalue weighted by atomic mass is 79.9. The number of hydrogen-bond acceptors (Lipinski definition) is 4. The van der Waals surface area contributed by atoms with Crippen molar-refractivity contribution in [3.05, 3.63) is 85.8 Å². The second-order valence-corrected chi connectivity index (χ2v) is 7.03. The molecular weight excluding hydrogens is 432 g/mol. The molecule has 28 heavy (non-hydrogen) atoms. The summed E-state index contributed by atoms with van der Waals surface area (Å²) in [7, 11) is 0. The molecule has 2 aromatic heterocycles. The van der Waals surface area contributed by atoms with E-state index in [1.165, 1.54) is 6.07 Å². The van der Waals surface area contributed by atoms with Crippen LogP contribution in [-0.4, -0.2) is 14.5 Å². The van der Waals surface area contributed by atoms with Crippen molar-refractivity contribution in [1.82, 2.24) is 14.5 Å². The summed E-state index contributed by atoms with van der Waals surface area (Å²) in [5.41, 5.74) is 1.39. The van der Waals surface area contributed by atoms with E-state index in [0.717, 1.165) is 29.9 Å². The van der Waals surface area contributed by atoms with Gasteiger partial charge in [0.05, 0.1) is 6.54 Å². The van der Waals surface area contributed by atoms with Crippen LogP contribution < -0.4 is 10.3 Å². The molecule has 0 fully saturated rings. The number of aryl methyl sites for hydroxylation is 2. The van der Waals surface area contributed by atoms with Crippen molar-refractivity contribution >= 4 is 15.9 Å². The molecule has 8 heteroatoms. The molecule has 0 spiro atoms. The number of hydrogen-bond donors (Lipinski definition) is 0. The zero-order valence-corrected chi connectivity index (χ0v) is 17.0. The molecule has 1 aromatic carbocycles. The number of ether oxygens (including phenoxy) is 1. The Kier molecular flexibility index (Phi) is 6.18. The first-order valence-corrected chi connectivity index (χ1v) is 9.44. The quantitative estimate of drug-likeness (QED) is 0.566. The Bertz CT molecular complexity index is 1050. The van der Waals surface area contributed by atoms with Gasteiger partial charge in [-0.15, -0.1) is 0 Å². The van der Waals surface area contributed by atoms with Crippen LogP contribution in [0.3, 0.4) is 0 Å². The van der Waals surface area contributed by atoms with Gasteiger partial charge in [0.25, 0.3) is 5.56 Å². The topological polar surface area (TPSA) is 57.0 Å². The summed E-state index contributed by atoms with van der Waals surface area (Å²) in [6.45, 7) is 3.94. The van der Waals surface area contributed by atoms with Gasteiger partial charge in [0.15, 0.2) is 0 Å². The Balaban J connectivity index is 1.82. The Morgan fingerprint density at radius 2 is 1.89 bits per heavy atom. The van der Waals surface area contributed by atoms with Gasteiger partial charge in [-0.05, 0) is 35.0 Å². The van der Waals surface area contributed by atoms with Crippen molar-refractivity contribution in [2.45, 2.75) is 33.4 Å². The van der Waals surface area contributed by atoms with Crippen LogP contribution in [0.2, 0.25) is 0 Å². The molecule has 0 bridgehead atoms. The van der Waals surface area contributed by atoms with Gasteiger partial charge in [-0.25, -0.2) is 18.7 Å². The van der Waals surface area contributed by atoms with Crippen LogP contribution in [0, 0.1) is 18.6 Å². The fourth-order valence-corrected chi connectivity index (χ4v) is 3.08. The zero-order chi connectivity index (χ0) is 20.3. The van der Waals surface area contributed by atoms with Crippen molar-refractivity contribution in [2.75, 3.05) is 0 Å². The largest absolute Gasteiger partial charge is 0.487 e. The summed E-state index contributed by atoms with van der Waals surface area (Å²) in [4.78, 5) is 21.2. The van der Waals surface area contributed by atoms with E-state index < -0.39 is 11.6 Å². The Morgan fingerprint density at radius 1 is 1.18 bits per heavy atom. The highest BCUT2D eigenvalue weighted by Gasteiger charge is 2.14. The van der Waals surface area contributed by atoms with Crippen molar-refractivity contribution in [3.63, 3.8) is 0 Å². The first-order valence-electron chi connectivity index (χ1n) is 8.65. The van der Waals surface area contributed by atoms with E-state index in [4.69, 9.17) is 4.74 Å². The van der Waals surface area contributed by atoms with Crippen LogP contribution >= 0.6 is 15.9 Å². The lowest BCUT2D eigenvalue weighted by molar-refractivity contribution is 0.295. The van der Waals surface area contributed by atoms with Crippen LogP contribution in [0.5, 0.6) is 5.75 Å². The van der Waals surface area contributed by atoms with Gasteiger partial charge in [-0.3, -0.25) is 4.79 Å². The molecule has 0 amide bonds. The molecule has 0 N–H and O–H groups in total. The summed E-state index contributed by atoms with van der Waals surface area (Å²) in [5.74, 6) is -0.320. The number of rotatable bonds is 6. The summed E-state index contributed by atoms with van der Waals surface area (Å²) >= 11 is 3.26. The van der Waals surface area contributed by atoms with Crippen LogP contribution in [0.25, 0.3) is 0 Å². The van der Waals surface area contributed by atoms with Crippen molar-refractivity contribution < 1.29 is 13.5 Å². The lowest BCUT2D eigenvalue weighted by atomic mass is 10.2. The smallest absolute Gasteiger partial charge is 0.269 e. The maximum atomic E-state index is 13.8. The van der Waals surface area contributed by atoms with Gasteiger partial charge >= 0.3 is 0 Å². The third kappa shape index (κ3) is 4.44. The molecule has 5 nitrogen and oxygen atoms in total. The third-order valence-electron chi connectivity index (χ3n) is 4.23. The van der Waals surface area contributed by atoms with E-state index in [1.807, 2.05) is 6.92 Å². The first-order chi connectivity index (χ1) is 13.4. The molecular formula is C20H18BrF2N3O2. The van der Waals surface area contributed by atoms with E-state index in [9.17, 15) is 13.6 Å². The molecule has 0 saturated heterocycles. The molecule has 0 aliphatic heterocycles. The minimum atomic E-state index is -0.697. The van der Waals surface area contributed by atoms with Gasteiger partial charge in [-0.1, -0.05) is 6.92 Å². The summed E-state index contributed by atoms with van der Waals surface area (Å²) in [6.07, 6.45) is 4.15. The fourth-order valence-electron chi connectivity index (χ4n) is 2.64. The number of pyridine rings is 1. The van der Waals surface area contributed by atoms with Crippen molar-refractivity contribution in [1.29, 1.82) is 0 Å². The average molecular weight is 450 g/mol. The number of benzene rings is 1. The van der Waals surface area contributed by atoms with Gasteiger partial charge in [0.2, 0.25) is 0 Å². The Hall–Kier alpha value is -2.61. The van der Waals surface area contributed by atoms with E-state index in [2.05, 4.69) is 25.9 Å². The average Bonchev–Trinajstić information content (AvgIpc) is 2.68. The van der Waals surface area contributed by atoms with Gasteiger partial charge in [0, 0.05) is 47.8 Å². The van der Waals surface area contributed by atoms with Gasteiger partial charge < -0.3 is 9.30 Å². The van der Waals surface area contributed by atoms with Gasteiger partial charge in [-0.2, -0.15) is 0 Å². The maximum absolute atomic E-state index is 13.8. The maximum Gasteiger partial charge on any atom is 0.269 e. The molecule has 0 aliphatic rings. The summed E-state index contributed by atoms with van der Waals surface area (Å²) < 4.78 is 34.2. The van der Waals surface area contributed by atoms with Crippen molar-refractivity contribution in [2.24, 2.45) is 0 Å². The van der Waals surface area contributed by atoms with E-state index in [-0.39, 0.29) is 22.2 Å². The molecule has 0 saturated carbocycles. The molecule has 3 aromatic rings. The second-order valence-electron chi connectivity index (χ2n) is 6.24. The second kappa shape index (κ2) is 8.60. The van der Waals surface area contributed by atoms with Crippen molar-refractivity contribution in [3.8, 4) is 5.75 Å². The monoisotopic (exact) mass is 449 g/mol. The minimum Gasteiger partial charge on any atom is -0.487 e. The molecule has 146 valence electrons. The molecule has 3 rings (SSSR count). The van der Waals surface area contributed by atoms with Crippen LogP contribution in [0.1, 0.15) is 29.6 Å². The van der Waals surface area contributed by atoms with Crippen LogP contribution in [0.4, 0.5) is 8.78 Å². The number of nitrogens with zero attached hydrogens (tertiary/aromatic N) is 3. The van der Waals surface area contributed by atoms with Gasteiger partial charge in [0.1, 0.15) is 34.3 Å². The predicted octanol–water partition coefficient (Wildman–Crippen LogP) is 4.18.